The fourth-order valence-corrected chi connectivity index (χ4v) is 2.48. The molecule has 1 aliphatic carbocycles. The number of nitrogens with one attached hydrogen (secondary N) is 1. The summed E-state index contributed by atoms with van der Waals surface area (Å²) in [5.74, 6) is 0.740. The monoisotopic (exact) mass is 282 g/mol. The molecule has 0 aromatic heterocycles. The normalized spacial score (nSPS) is 14.0. The van der Waals surface area contributed by atoms with Crippen LogP contribution < -0.4 is 5.32 Å². The van der Waals surface area contributed by atoms with E-state index in [1.54, 1.807) is 12.1 Å². The van der Waals surface area contributed by atoms with Gasteiger partial charge in [-0.25, -0.2) is 0 Å². The predicted molar refractivity (Wildman–Crippen MR) is 83.6 cm³/mol. The minimum atomic E-state index is -0.363. The SMILES string of the molecule is Cc1ccc([N+](=O)[O-])cc1NCc1cccc(C2CC2)c1. The third kappa shape index (κ3) is 3.21. The molecule has 4 nitrogen and oxygen atoms in total. The maximum absolute atomic E-state index is 10.8. The Balaban J connectivity index is 1.73. The zero-order valence-corrected chi connectivity index (χ0v) is 12.0. The molecular weight excluding hydrogens is 264 g/mol. The van der Waals surface area contributed by atoms with Gasteiger partial charge < -0.3 is 5.32 Å². The third-order valence-corrected chi connectivity index (χ3v) is 3.91. The van der Waals surface area contributed by atoms with Crippen LogP contribution in [0.3, 0.4) is 0 Å². The summed E-state index contributed by atoms with van der Waals surface area (Å²) in [6.45, 7) is 2.63. The van der Waals surface area contributed by atoms with Crippen molar-refractivity contribution in [2.45, 2.75) is 32.2 Å². The van der Waals surface area contributed by atoms with Crippen molar-refractivity contribution in [2.24, 2.45) is 0 Å². The maximum atomic E-state index is 10.8. The molecule has 21 heavy (non-hydrogen) atoms. The Labute approximate surface area is 124 Å². The molecule has 0 spiro atoms. The molecule has 0 bridgehead atoms. The zero-order valence-electron chi connectivity index (χ0n) is 12.0. The summed E-state index contributed by atoms with van der Waals surface area (Å²) in [7, 11) is 0. The van der Waals surface area contributed by atoms with Crippen LogP contribution in [-0.4, -0.2) is 4.92 Å². The molecule has 108 valence electrons. The van der Waals surface area contributed by atoms with E-state index in [1.807, 2.05) is 6.92 Å². The Morgan fingerprint density at radius 1 is 1.24 bits per heavy atom. The highest BCUT2D eigenvalue weighted by molar-refractivity contribution is 5.57. The number of hydrogen-bond acceptors (Lipinski definition) is 3. The molecule has 0 radical (unpaired) electrons. The average molecular weight is 282 g/mol. The fourth-order valence-electron chi connectivity index (χ4n) is 2.48. The van der Waals surface area contributed by atoms with Crippen molar-refractivity contribution in [1.82, 2.24) is 0 Å². The number of aryl methyl sites for hydroxylation is 1. The number of nitro groups is 1. The van der Waals surface area contributed by atoms with Crippen molar-refractivity contribution >= 4 is 11.4 Å². The number of anilines is 1. The molecule has 1 N–H and O–H groups in total. The summed E-state index contributed by atoms with van der Waals surface area (Å²) in [6.07, 6.45) is 2.59. The van der Waals surface area contributed by atoms with Crippen LogP contribution in [0.5, 0.6) is 0 Å². The van der Waals surface area contributed by atoms with E-state index >= 15 is 0 Å². The zero-order chi connectivity index (χ0) is 14.8. The van der Waals surface area contributed by atoms with Crippen LogP contribution in [0, 0.1) is 17.0 Å². The Kier molecular flexibility index (Phi) is 3.60. The van der Waals surface area contributed by atoms with Gasteiger partial charge in [-0.05, 0) is 42.4 Å². The second kappa shape index (κ2) is 5.56. The molecule has 0 atom stereocenters. The van der Waals surface area contributed by atoms with Gasteiger partial charge in [0.2, 0.25) is 0 Å². The van der Waals surface area contributed by atoms with Gasteiger partial charge in [0, 0.05) is 24.4 Å². The third-order valence-electron chi connectivity index (χ3n) is 3.91. The largest absolute Gasteiger partial charge is 0.381 e. The first-order chi connectivity index (χ1) is 10.1. The summed E-state index contributed by atoms with van der Waals surface area (Å²) in [6, 6.07) is 13.5. The lowest BCUT2D eigenvalue weighted by molar-refractivity contribution is -0.384. The molecule has 0 heterocycles. The smallest absolute Gasteiger partial charge is 0.271 e. The van der Waals surface area contributed by atoms with Gasteiger partial charge >= 0.3 is 0 Å². The lowest BCUT2D eigenvalue weighted by Crippen LogP contribution is -2.02. The predicted octanol–water partition coefficient (Wildman–Crippen LogP) is 4.39. The van der Waals surface area contributed by atoms with Crippen molar-refractivity contribution in [1.29, 1.82) is 0 Å². The van der Waals surface area contributed by atoms with E-state index in [0.29, 0.717) is 6.54 Å². The molecule has 0 aliphatic heterocycles. The first kappa shape index (κ1) is 13.6. The van der Waals surface area contributed by atoms with E-state index in [-0.39, 0.29) is 10.6 Å². The highest BCUT2D eigenvalue weighted by Crippen LogP contribution is 2.40. The molecule has 4 heteroatoms. The average Bonchev–Trinajstić information content (AvgIpc) is 3.31. The Hall–Kier alpha value is -2.36. The second-order valence-electron chi connectivity index (χ2n) is 5.63. The van der Waals surface area contributed by atoms with Gasteiger partial charge in [-0.15, -0.1) is 0 Å². The van der Waals surface area contributed by atoms with E-state index in [0.717, 1.165) is 17.2 Å². The number of non-ortho nitro benzene ring substituents is 1. The highest BCUT2D eigenvalue weighted by atomic mass is 16.6. The van der Waals surface area contributed by atoms with Gasteiger partial charge in [0.15, 0.2) is 0 Å². The molecule has 3 rings (SSSR count). The van der Waals surface area contributed by atoms with E-state index in [4.69, 9.17) is 0 Å². The summed E-state index contributed by atoms with van der Waals surface area (Å²) in [5, 5.41) is 14.1. The molecule has 0 unspecified atom stereocenters. The standard InChI is InChI=1S/C17H18N2O2/c1-12-5-8-16(19(20)21)10-17(12)18-11-13-3-2-4-15(9-13)14-6-7-14/h2-5,8-10,14,18H,6-7,11H2,1H3. The van der Waals surface area contributed by atoms with Gasteiger partial charge in [0.05, 0.1) is 4.92 Å². The van der Waals surface area contributed by atoms with Crippen LogP contribution >= 0.6 is 0 Å². The minimum Gasteiger partial charge on any atom is -0.381 e. The molecule has 0 saturated heterocycles. The van der Waals surface area contributed by atoms with Crippen LogP contribution in [0.15, 0.2) is 42.5 Å². The highest BCUT2D eigenvalue weighted by Gasteiger charge is 2.23. The number of nitro benzene ring substituents is 1. The molecule has 2 aromatic carbocycles. The number of rotatable bonds is 5. The summed E-state index contributed by atoms with van der Waals surface area (Å²) in [5.41, 5.74) is 4.57. The number of nitrogens with zero attached hydrogens (tertiary/aromatic N) is 1. The number of benzene rings is 2. The van der Waals surface area contributed by atoms with Crippen LogP contribution in [-0.2, 0) is 6.54 Å². The molecular formula is C17H18N2O2. The minimum absolute atomic E-state index is 0.120. The molecule has 1 saturated carbocycles. The van der Waals surface area contributed by atoms with E-state index in [9.17, 15) is 10.1 Å². The molecule has 1 fully saturated rings. The molecule has 1 aliphatic rings. The lowest BCUT2D eigenvalue weighted by atomic mass is 10.1. The van der Waals surface area contributed by atoms with Gasteiger partial charge in [-0.1, -0.05) is 30.3 Å². The fraction of sp³-hybridized carbons (Fsp3) is 0.294. The van der Waals surface area contributed by atoms with Gasteiger partial charge in [-0.3, -0.25) is 10.1 Å². The van der Waals surface area contributed by atoms with Gasteiger partial charge in [-0.2, -0.15) is 0 Å². The van der Waals surface area contributed by atoms with Crippen molar-refractivity contribution in [3.05, 3.63) is 69.3 Å². The van der Waals surface area contributed by atoms with E-state index in [1.165, 1.54) is 30.0 Å². The van der Waals surface area contributed by atoms with Crippen molar-refractivity contribution < 1.29 is 4.92 Å². The van der Waals surface area contributed by atoms with Crippen LogP contribution in [0.1, 0.15) is 35.4 Å². The topological polar surface area (TPSA) is 55.2 Å². The maximum Gasteiger partial charge on any atom is 0.271 e. The molecule has 0 amide bonds. The second-order valence-corrected chi connectivity index (χ2v) is 5.63. The lowest BCUT2D eigenvalue weighted by Gasteiger charge is -2.10. The summed E-state index contributed by atoms with van der Waals surface area (Å²) < 4.78 is 0. The Morgan fingerprint density at radius 3 is 2.76 bits per heavy atom. The van der Waals surface area contributed by atoms with Crippen LogP contribution in [0.25, 0.3) is 0 Å². The molecule has 2 aromatic rings. The first-order valence-electron chi connectivity index (χ1n) is 7.21. The Bertz CT molecular complexity index is 678. The summed E-state index contributed by atoms with van der Waals surface area (Å²) >= 11 is 0. The quantitative estimate of drug-likeness (QED) is 0.653. The van der Waals surface area contributed by atoms with Crippen molar-refractivity contribution in [3.63, 3.8) is 0 Å². The van der Waals surface area contributed by atoms with Crippen molar-refractivity contribution in [3.8, 4) is 0 Å². The number of hydrogen-bond donors (Lipinski definition) is 1. The van der Waals surface area contributed by atoms with Crippen LogP contribution in [0.4, 0.5) is 11.4 Å². The van der Waals surface area contributed by atoms with E-state index < -0.39 is 0 Å². The Morgan fingerprint density at radius 2 is 2.05 bits per heavy atom. The summed E-state index contributed by atoms with van der Waals surface area (Å²) in [4.78, 5) is 10.5. The van der Waals surface area contributed by atoms with Gasteiger partial charge in [0.25, 0.3) is 5.69 Å². The van der Waals surface area contributed by atoms with Gasteiger partial charge in [0.1, 0.15) is 0 Å². The van der Waals surface area contributed by atoms with Crippen LogP contribution in [0.2, 0.25) is 0 Å². The first-order valence-corrected chi connectivity index (χ1v) is 7.21. The van der Waals surface area contributed by atoms with Crippen molar-refractivity contribution in [2.75, 3.05) is 5.32 Å². The van der Waals surface area contributed by atoms with E-state index in [2.05, 4.69) is 29.6 Å².